The Bertz CT molecular complexity index is 1420. The summed E-state index contributed by atoms with van der Waals surface area (Å²) in [4.78, 5) is 12.9. The normalized spacial score (nSPS) is 20.5. The summed E-state index contributed by atoms with van der Waals surface area (Å²) in [5, 5.41) is 19.9. The van der Waals surface area contributed by atoms with E-state index in [9.17, 15) is 10.1 Å². The lowest BCUT2D eigenvalue weighted by Gasteiger charge is -2.45. The van der Waals surface area contributed by atoms with E-state index >= 15 is 0 Å². The van der Waals surface area contributed by atoms with Gasteiger partial charge in [-0.15, -0.1) is 0 Å². The van der Waals surface area contributed by atoms with Crippen molar-refractivity contribution in [2.45, 2.75) is 38.8 Å². The summed E-state index contributed by atoms with van der Waals surface area (Å²) in [6, 6.07) is 13.1. The topological polar surface area (TPSA) is 79.4 Å². The predicted molar refractivity (Wildman–Crippen MR) is 145 cm³/mol. The van der Waals surface area contributed by atoms with E-state index in [0.29, 0.717) is 11.3 Å². The van der Waals surface area contributed by atoms with E-state index in [1.165, 1.54) is 17.7 Å². The Morgan fingerprint density at radius 2 is 1.92 bits per heavy atom. The van der Waals surface area contributed by atoms with Gasteiger partial charge < -0.3 is 9.64 Å². The van der Waals surface area contributed by atoms with Gasteiger partial charge in [0.1, 0.15) is 5.75 Å². The number of ether oxygens (including phenoxy) is 1. The molecule has 2 aromatic rings. The average molecular weight is 480 g/mol. The van der Waals surface area contributed by atoms with Crippen molar-refractivity contribution in [3.8, 4) is 11.8 Å². The highest BCUT2D eigenvalue weighted by atomic mass is 16.6. The molecule has 0 aromatic heterocycles. The van der Waals surface area contributed by atoms with Crippen molar-refractivity contribution in [1.29, 1.82) is 5.26 Å². The molecule has 6 heteroatoms. The zero-order valence-corrected chi connectivity index (χ0v) is 21.1. The van der Waals surface area contributed by atoms with Crippen LogP contribution in [-0.4, -0.2) is 17.7 Å². The van der Waals surface area contributed by atoms with E-state index < -0.39 is 16.1 Å². The molecule has 0 fully saturated rings. The molecule has 1 spiro atoms. The first-order chi connectivity index (χ1) is 17.1. The summed E-state index contributed by atoms with van der Waals surface area (Å²) in [6.07, 6.45) is 15.5. The van der Waals surface area contributed by atoms with Crippen LogP contribution in [0.15, 0.2) is 84.0 Å². The van der Waals surface area contributed by atoms with Crippen LogP contribution in [-0.2, 0) is 5.41 Å². The van der Waals surface area contributed by atoms with Crippen molar-refractivity contribution in [2.24, 2.45) is 0 Å². The minimum Gasteiger partial charge on any atom is -0.463 e. The van der Waals surface area contributed by atoms with Gasteiger partial charge in [-0.05, 0) is 74.7 Å². The lowest BCUT2D eigenvalue weighted by Crippen LogP contribution is -2.58. The van der Waals surface area contributed by atoms with Crippen molar-refractivity contribution in [3.63, 3.8) is 0 Å². The van der Waals surface area contributed by atoms with Gasteiger partial charge in [-0.3, -0.25) is 10.1 Å². The molecule has 1 unspecified atom stereocenters. The van der Waals surface area contributed by atoms with Gasteiger partial charge in [0, 0.05) is 36.5 Å². The summed E-state index contributed by atoms with van der Waals surface area (Å²) in [5.41, 5.74) is 4.94. The molecule has 0 saturated carbocycles. The number of fused-ring (bicyclic) bond motifs is 2. The van der Waals surface area contributed by atoms with Gasteiger partial charge in [-0.25, -0.2) is 0 Å². The Morgan fingerprint density at radius 1 is 1.14 bits per heavy atom. The predicted octanol–water partition coefficient (Wildman–Crippen LogP) is 7.11. The number of nitriles is 1. The first-order valence-corrected chi connectivity index (χ1v) is 11.7. The number of nitrogens with zero attached hydrogens (tertiary/aromatic N) is 3. The summed E-state index contributed by atoms with van der Waals surface area (Å²) in [6.45, 7) is 8.25. The minimum absolute atomic E-state index is 0.0466. The average Bonchev–Trinajstić information content (AvgIpc) is 3.00. The molecule has 36 heavy (non-hydrogen) atoms. The highest BCUT2D eigenvalue weighted by molar-refractivity contribution is 5.74. The molecule has 2 aliphatic rings. The van der Waals surface area contributed by atoms with Gasteiger partial charge in [0.25, 0.3) is 5.69 Å². The molecule has 0 amide bonds. The fourth-order valence-electron chi connectivity index (χ4n) is 4.82. The summed E-state index contributed by atoms with van der Waals surface area (Å²) in [5.74, 6) is 0.629. The van der Waals surface area contributed by atoms with E-state index in [2.05, 4.69) is 49.1 Å². The zero-order chi connectivity index (χ0) is 26.1. The molecule has 182 valence electrons. The number of hydrogen-bond acceptors (Lipinski definition) is 5. The maximum Gasteiger partial charge on any atom is 0.270 e. The van der Waals surface area contributed by atoms with E-state index in [0.717, 1.165) is 22.4 Å². The van der Waals surface area contributed by atoms with Crippen molar-refractivity contribution >= 4 is 23.5 Å². The lowest BCUT2D eigenvalue weighted by molar-refractivity contribution is -0.384. The van der Waals surface area contributed by atoms with Crippen LogP contribution in [0.5, 0.6) is 5.75 Å². The van der Waals surface area contributed by atoms with Gasteiger partial charge in [-0.2, -0.15) is 5.26 Å². The number of nitro groups is 1. The van der Waals surface area contributed by atoms with Gasteiger partial charge in [-0.1, -0.05) is 42.0 Å². The molecule has 4 rings (SSSR count). The van der Waals surface area contributed by atoms with Crippen molar-refractivity contribution < 1.29 is 9.66 Å². The van der Waals surface area contributed by atoms with Crippen LogP contribution in [0.1, 0.15) is 44.4 Å². The largest absolute Gasteiger partial charge is 0.463 e. The van der Waals surface area contributed by atoms with E-state index in [1.54, 1.807) is 12.1 Å². The third kappa shape index (κ3) is 4.25. The molecular weight excluding hydrogens is 450 g/mol. The van der Waals surface area contributed by atoms with Crippen LogP contribution < -0.4 is 9.64 Å². The molecule has 2 aromatic carbocycles. The third-order valence-corrected chi connectivity index (χ3v) is 6.96. The van der Waals surface area contributed by atoms with Crippen LogP contribution in [0.4, 0.5) is 11.4 Å². The molecule has 0 N–H and O–H groups in total. The fourth-order valence-corrected chi connectivity index (χ4v) is 4.82. The number of allylic oxidation sites excluding steroid dienone is 7. The zero-order valence-electron chi connectivity index (χ0n) is 21.1. The third-order valence-electron chi connectivity index (χ3n) is 6.96. The van der Waals surface area contributed by atoms with Gasteiger partial charge >= 0.3 is 0 Å². The number of hydrogen-bond donors (Lipinski definition) is 0. The minimum atomic E-state index is -0.754. The first kappa shape index (κ1) is 24.7. The number of rotatable bonds is 5. The van der Waals surface area contributed by atoms with Gasteiger partial charge in [0.05, 0.1) is 16.4 Å². The SMILES string of the molecule is CC(/C=C\c1ccc2c(c1)C(C)(C)C1(C=Cc3cc([N+](=O)[O-])ccc3O1)N2C)=C\C=C\C(C)=C\C#N. The van der Waals surface area contributed by atoms with Crippen molar-refractivity contribution in [1.82, 2.24) is 0 Å². The Labute approximate surface area is 212 Å². The second kappa shape index (κ2) is 9.35. The van der Waals surface area contributed by atoms with Crippen LogP contribution in [0.25, 0.3) is 12.2 Å². The Balaban J connectivity index is 1.62. The van der Waals surface area contributed by atoms with Crippen molar-refractivity contribution in [3.05, 3.63) is 111 Å². The second-order valence-corrected chi connectivity index (χ2v) is 9.69. The summed E-state index contributed by atoms with van der Waals surface area (Å²) in [7, 11) is 2.02. The molecule has 0 saturated heterocycles. The van der Waals surface area contributed by atoms with Gasteiger partial charge in [0.2, 0.25) is 5.72 Å². The van der Waals surface area contributed by atoms with Crippen LogP contribution in [0.3, 0.4) is 0 Å². The molecular formula is C30H29N3O3. The van der Waals surface area contributed by atoms with E-state index in [4.69, 9.17) is 10.00 Å². The van der Waals surface area contributed by atoms with E-state index in [1.807, 2.05) is 57.3 Å². The quantitative estimate of drug-likeness (QED) is 0.198. The molecule has 1 atom stereocenters. The summed E-state index contributed by atoms with van der Waals surface area (Å²) >= 11 is 0. The number of nitro benzene ring substituents is 1. The molecule has 2 aliphatic heterocycles. The van der Waals surface area contributed by atoms with Gasteiger partial charge in [0.15, 0.2) is 0 Å². The van der Waals surface area contributed by atoms with Crippen LogP contribution in [0, 0.1) is 21.4 Å². The highest BCUT2D eigenvalue weighted by Crippen LogP contribution is 2.54. The lowest BCUT2D eigenvalue weighted by atomic mass is 9.76. The van der Waals surface area contributed by atoms with Crippen LogP contribution in [0.2, 0.25) is 0 Å². The second-order valence-electron chi connectivity index (χ2n) is 9.69. The fraction of sp³-hybridized carbons (Fsp3) is 0.233. The number of likely N-dealkylation sites (N-methyl/N-ethyl adjacent to an activating group) is 1. The Morgan fingerprint density at radius 3 is 2.64 bits per heavy atom. The maximum absolute atomic E-state index is 11.2. The maximum atomic E-state index is 11.2. The molecule has 0 aliphatic carbocycles. The van der Waals surface area contributed by atoms with E-state index in [-0.39, 0.29) is 5.69 Å². The summed E-state index contributed by atoms with van der Waals surface area (Å²) < 4.78 is 6.60. The number of non-ortho nitro benzene ring substituents is 1. The molecule has 0 radical (unpaired) electrons. The number of benzene rings is 2. The molecule has 0 bridgehead atoms. The van der Waals surface area contributed by atoms with Crippen LogP contribution >= 0.6 is 0 Å². The smallest absolute Gasteiger partial charge is 0.270 e. The monoisotopic (exact) mass is 479 g/mol. The number of anilines is 1. The van der Waals surface area contributed by atoms with Crippen molar-refractivity contribution in [2.75, 3.05) is 11.9 Å². The highest BCUT2D eigenvalue weighted by Gasteiger charge is 2.57. The molecule has 6 nitrogen and oxygen atoms in total. The first-order valence-electron chi connectivity index (χ1n) is 11.7. The molecule has 2 heterocycles. The standard InChI is InChI=1S/C30H29N3O3/c1-21(7-6-8-22(2)16-18-31)9-10-23-11-13-27-26(19-23)29(3,4)30(32(27)5)17-15-24-20-25(33(34)35)12-14-28(24)36-30/h6-17,19-20H,1-5H3/b8-6+,10-9-,21-7+,22-16+. The Kier molecular flexibility index (Phi) is 6.43. The Hall–Kier alpha value is -4.37.